The van der Waals surface area contributed by atoms with E-state index in [9.17, 15) is 4.79 Å². The number of nitrogens with zero attached hydrogens (tertiary/aromatic N) is 1. The zero-order chi connectivity index (χ0) is 16.8. The SMILES string of the molecule is CCCCN(C(=O)C1C(C)(C)C1(C)C)c1cc2c(s1)CCCC2. The molecule has 0 radical (unpaired) electrons. The molecule has 0 bridgehead atoms. The van der Waals surface area contributed by atoms with E-state index in [1.165, 1.54) is 41.1 Å². The smallest absolute Gasteiger partial charge is 0.231 e. The average molecular weight is 334 g/mol. The molecule has 1 saturated carbocycles. The van der Waals surface area contributed by atoms with E-state index >= 15 is 0 Å². The second-order valence-electron chi connectivity index (χ2n) is 8.46. The van der Waals surface area contributed by atoms with Crippen LogP contribution in [0, 0.1) is 16.7 Å². The van der Waals surface area contributed by atoms with Gasteiger partial charge in [-0.2, -0.15) is 0 Å². The van der Waals surface area contributed by atoms with Gasteiger partial charge in [0.2, 0.25) is 5.91 Å². The van der Waals surface area contributed by atoms with Crippen molar-refractivity contribution < 1.29 is 4.79 Å². The van der Waals surface area contributed by atoms with Crippen LogP contribution in [-0.4, -0.2) is 12.5 Å². The van der Waals surface area contributed by atoms with Gasteiger partial charge in [-0.05, 0) is 54.6 Å². The van der Waals surface area contributed by atoms with Crippen LogP contribution in [0.25, 0.3) is 0 Å². The Morgan fingerprint density at radius 2 is 1.87 bits per heavy atom. The van der Waals surface area contributed by atoms with Crippen LogP contribution in [0.15, 0.2) is 6.07 Å². The predicted molar refractivity (Wildman–Crippen MR) is 99.3 cm³/mol. The van der Waals surface area contributed by atoms with Crippen molar-refractivity contribution in [3.8, 4) is 0 Å². The van der Waals surface area contributed by atoms with Gasteiger partial charge >= 0.3 is 0 Å². The highest BCUT2D eigenvalue weighted by Gasteiger charge is 2.68. The number of hydrogen-bond donors (Lipinski definition) is 0. The molecule has 0 N–H and O–H groups in total. The minimum absolute atomic E-state index is 0.116. The van der Waals surface area contributed by atoms with Gasteiger partial charge < -0.3 is 4.90 Å². The maximum atomic E-state index is 13.3. The summed E-state index contributed by atoms with van der Waals surface area (Å²) in [6.45, 7) is 12.0. The topological polar surface area (TPSA) is 20.3 Å². The molecule has 3 rings (SSSR count). The Morgan fingerprint density at radius 3 is 2.43 bits per heavy atom. The van der Waals surface area contributed by atoms with Crippen LogP contribution >= 0.6 is 11.3 Å². The summed E-state index contributed by atoms with van der Waals surface area (Å²) in [5.41, 5.74) is 1.73. The number of carbonyl (C=O) groups excluding carboxylic acids is 1. The third-order valence-corrected chi connectivity index (χ3v) is 7.78. The van der Waals surface area contributed by atoms with Gasteiger partial charge in [0.25, 0.3) is 0 Å². The molecule has 1 amide bonds. The van der Waals surface area contributed by atoms with Crippen LogP contribution in [0.2, 0.25) is 0 Å². The van der Waals surface area contributed by atoms with E-state index in [2.05, 4.69) is 45.6 Å². The highest BCUT2D eigenvalue weighted by molar-refractivity contribution is 7.16. The molecular formula is C20H31NOS. The predicted octanol–water partition coefficient (Wildman–Crippen LogP) is 5.44. The molecule has 2 nitrogen and oxygen atoms in total. The van der Waals surface area contributed by atoms with Crippen molar-refractivity contribution in [2.45, 2.75) is 73.1 Å². The van der Waals surface area contributed by atoms with Crippen LogP contribution in [0.1, 0.15) is 70.7 Å². The van der Waals surface area contributed by atoms with Crippen LogP contribution in [0.4, 0.5) is 5.00 Å². The van der Waals surface area contributed by atoms with Crippen molar-refractivity contribution in [3.63, 3.8) is 0 Å². The van der Waals surface area contributed by atoms with Gasteiger partial charge in [0.1, 0.15) is 0 Å². The molecule has 2 aliphatic carbocycles. The average Bonchev–Trinajstić information content (AvgIpc) is 2.79. The van der Waals surface area contributed by atoms with E-state index in [4.69, 9.17) is 0 Å². The number of hydrogen-bond acceptors (Lipinski definition) is 2. The van der Waals surface area contributed by atoms with Crippen LogP contribution in [0.3, 0.4) is 0 Å². The minimum Gasteiger partial charge on any atom is -0.304 e. The summed E-state index contributed by atoms with van der Waals surface area (Å²) in [6.07, 6.45) is 7.22. The quantitative estimate of drug-likeness (QED) is 0.702. The fourth-order valence-corrected chi connectivity index (χ4v) is 5.51. The number of unbranched alkanes of at least 4 members (excludes halogenated alkanes) is 1. The molecule has 0 aliphatic heterocycles. The van der Waals surface area contributed by atoms with Crippen LogP contribution in [-0.2, 0) is 17.6 Å². The molecule has 2 aliphatic rings. The summed E-state index contributed by atoms with van der Waals surface area (Å²) >= 11 is 1.87. The van der Waals surface area contributed by atoms with E-state index < -0.39 is 0 Å². The summed E-state index contributed by atoms with van der Waals surface area (Å²) in [5, 5.41) is 1.20. The molecule has 0 atom stereocenters. The first-order valence-corrected chi connectivity index (χ1v) is 10.0. The second kappa shape index (κ2) is 5.91. The van der Waals surface area contributed by atoms with Crippen LogP contribution < -0.4 is 4.90 Å². The molecule has 128 valence electrons. The maximum Gasteiger partial charge on any atom is 0.231 e. The lowest BCUT2D eigenvalue weighted by Gasteiger charge is -2.22. The van der Waals surface area contributed by atoms with E-state index in [0.717, 1.165) is 19.4 Å². The molecule has 1 fully saturated rings. The number of anilines is 1. The van der Waals surface area contributed by atoms with Gasteiger partial charge in [-0.15, -0.1) is 11.3 Å². The monoisotopic (exact) mass is 333 g/mol. The second-order valence-corrected chi connectivity index (χ2v) is 9.58. The Bertz CT molecular complexity index is 561. The first-order valence-electron chi connectivity index (χ1n) is 9.23. The number of amides is 1. The molecule has 0 spiro atoms. The summed E-state index contributed by atoms with van der Waals surface area (Å²) in [5.74, 6) is 0.512. The summed E-state index contributed by atoms with van der Waals surface area (Å²) in [6, 6.07) is 2.31. The Balaban J connectivity index is 1.86. The Labute approximate surface area is 145 Å². The molecule has 1 aromatic rings. The van der Waals surface area contributed by atoms with Gasteiger partial charge in [0, 0.05) is 17.3 Å². The standard InChI is InChI=1S/C20H31NOS/c1-6-7-12-21(18(22)17-19(2,3)20(17,4)5)16-13-14-10-8-9-11-15(14)23-16/h13,17H,6-12H2,1-5H3. The lowest BCUT2D eigenvalue weighted by Crippen LogP contribution is -2.34. The molecular weight excluding hydrogens is 302 g/mol. The van der Waals surface area contributed by atoms with Gasteiger partial charge in [0.15, 0.2) is 0 Å². The zero-order valence-electron chi connectivity index (χ0n) is 15.4. The number of carbonyl (C=O) groups is 1. The van der Waals surface area contributed by atoms with Crippen molar-refractivity contribution in [2.75, 3.05) is 11.4 Å². The molecule has 1 heterocycles. The van der Waals surface area contributed by atoms with Crippen LogP contribution in [0.5, 0.6) is 0 Å². The number of fused-ring (bicyclic) bond motifs is 1. The zero-order valence-corrected chi connectivity index (χ0v) is 16.2. The van der Waals surface area contributed by atoms with E-state index in [-0.39, 0.29) is 16.7 Å². The van der Waals surface area contributed by atoms with Crippen molar-refractivity contribution in [1.82, 2.24) is 0 Å². The fraction of sp³-hybridized carbons (Fsp3) is 0.750. The lowest BCUT2D eigenvalue weighted by atomic mass is 9.99. The normalized spacial score (nSPS) is 21.8. The molecule has 3 heteroatoms. The number of rotatable bonds is 5. The lowest BCUT2D eigenvalue weighted by molar-refractivity contribution is -0.120. The van der Waals surface area contributed by atoms with Crippen molar-refractivity contribution in [2.24, 2.45) is 16.7 Å². The van der Waals surface area contributed by atoms with Crippen molar-refractivity contribution >= 4 is 22.2 Å². The first kappa shape index (κ1) is 17.0. The highest BCUT2D eigenvalue weighted by atomic mass is 32.1. The molecule has 1 aromatic heterocycles. The maximum absolute atomic E-state index is 13.3. The van der Waals surface area contributed by atoms with Crippen molar-refractivity contribution in [1.29, 1.82) is 0 Å². The van der Waals surface area contributed by atoms with Gasteiger partial charge in [-0.1, -0.05) is 41.0 Å². The Morgan fingerprint density at radius 1 is 1.22 bits per heavy atom. The summed E-state index contributed by atoms with van der Waals surface area (Å²) in [4.78, 5) is 16.9. The minimum atomic E-state index is 0.116. The van der Waals surface area contributed by atoms with Gasteiger partial charge in [-0.3, -0.25) is 4.79 Å². The molecule has 23 heavy (non-hydrogen) atoms. The Kier molecular flexibility index (Phi) is 4.37. The van der Waals surface area contributed by atoms with Crippen molar-refractivity contribution in [3.05, 3.63) is 16.5 Å². The molecule has 0 unspecified atom stereocenters. The van der Waals surface area contributed by atoms with E-state index in [1.54, 1.807) is 0 Å². The Hall–Kier alpha value is -0.830. The van der Waals surface area contributed by atoms with Gasteiger partial charge in [-0.25, -0.2) is 0 Å². The van der Waals surface area contributed by atoms with E-state index in [1.807, 2.05) is 11.3 Å². The summed E-state index contributed by atoms with van der Waals surface area (Å²) in [7, 11) is 0. The van der Waals surface area contributed by atoms with E-state index in [0.29, 0.717) is 5.91 Å². The molecule has 0 aromatic carbocycles. The largest absolute Gasteiger partial charge is 0.304 e. The third-order valence-electron chi connectivity index (χ3n) is 6.52. The summed E-state index contributed by atoms with van der Waals surface area (Å²) < 4.78 is 0. The third kappa shape index (κ3) is 2.75. The van der Waals surface area contributed by atoms with Gasteiger partial charge in [0.05, 0.1) is 5.00 Å². The molecule has 0 saturated heterocycles. The number of thiophene rings is 1. The number of aryl methyl sites for hydroxylation is 2. The fourth-order valence-electron chi connectivity index (χ4n) is 4.22. The highest BCUT2D eigenvalue weighted by Crippen LogP contribution is 2.69. The first-order chi connectivity index (χ1) is 10.8.